The third kappa shape index (κ3) is 3.38. The Balaban J connectivity index is 2.28. The second-order valence-corrected chi connectivity index (χ2v) is 5.56. The first kappa shape index (κ1) is 15.0. The van der Waals surface area contributed by atoms with E-state index in [9.17, 15) is 4.39 Å². The molecular weight excluding hydrogens is 273 g/mol. The molecule has 0 saturated heterocycles. The Morgan fingerprint density at radius 2 is 1.90 bits per heavy atom. The maximum atomic E-state index is 13.3. The molecule has 1 N–H and O–H groups in total. The van der Waals surface area contributed by atoms with E-state index in [1.807, 2.05) is 7.05 Å². The number of halogens is 2. The molecule has 2 aromatic rings. The Kier molecular flexibility index (Phi) is 4.79. The highest BCUT2D eigenvalue weighted by Gasteiger charge is 2.13. The van der Waals surface area contributed by atoms with Crippen LogP contribution in [-0.4, -0.2) is 7.05 Å². The van der Waals surface area contributed by atoms with Gasteiger partial charge >= 0.3 is 0 Å². The first-order chi connectivity index (χ1) is 9.51. The van der Waals surface area contributed by atoms with Crippen molar-refractivity contribution in [3.63, 3.8) is 0 Å². The molecule has 2 rings (SSSR count). The molecule has 0 saturated carbocycles. The first-order valence-electron chi connectivity index (χ1n) is 6.69. The van der Waals surface area contributed by atoms with E-state index in [4.69, 9.17) is 11.6 Å². The van der Waals surface area contributed by atoms with Crippen LogP contribution in [0, 0.1) is 19.7 Å². The van der Waals surface area contributed by atoms with E-state index >= 15 is 0 Å². The van der Waals surface area contributed by atoms with Crippen LogP contribution in [0.25, 0.3) is 0 Å². The van der Waals surface area contributed by atoms with Crippen LogP contribution in [0.5, 0.6) is 0 Å². The molecule has 2 aromatic carbocycles. The Hall–Kier alpha value is -1.38. The minimum Gasteiger partial charge on any atom is -0.313 e. The topological polar surface area (TPSA) is 12.0 Å². The van der Waals surface area contributed by atoms with Crippen LogP contribution in [0.4, 0.5) is 4.39 Å². The quantitative estimate of drug-likeness (QED) is 0.868. The van der Waals surface area contributed by atoms with Crippen molar-refractivity contribution in [3.05, 3.63) is 69.5 Å². The van der Waals surface area contributed by atoms with Gasteiger partial charge in [0.2, 0.25) is 0 Å². The summed E-state index contributed by atoms with van der Waals surface area (Å²) in [5, 5.41) is 3.45. The van der Waals surface area contributed by atoms with Gasteiger partial charge in [0.25, 0.3) is 0 Å². The standard InChI is InChI=1S/C17H19ClFN/c1-11-4-5-12(2)14(8-11)10-17(20-3)13-6-7-16(19)15(18)9-13/h4-9,17,20H,10H2,1-3H3. The van der Waals surface area contributed by atoms with Gasteiger partial charge in [-0.1, -0.05) is 41.4 Å². The number of aryl methyl sites for hydroxylation is 2. The monoisotopic (exact) mass is 291 g/mol. The molecule has 0 fully saturated rings. The zero-order chi connectivity index (χ0) is 14.7. The van der Waals surface area contributed by atoms with E-state index in [0.717, 1.165) is 12.0 Å². The molecule has 0 spiro atoms. The van der Waals surface area contributed by atoms with Gasteiger partial charge in [0.05, 0.1) is 5.02 Å². The average molecular weight is 292 g/mol. The van der Waals surface area contributed by atoms with Crippen molar-refractivity contribution in [2.45, 2.75) is 26.3 Å². The molecule has 0 aliphatic rings. The lowest BCUT2D eigenvalue weighted by molar-refractivity contribution is 0.584. The van der Waals surface area contributed by atoms with Crippen LogP contribution in [0.15, 0.2) is 36.4 Å². The summed E-state index contributed by atoms with van der Waals surface area (Å²) in [7, 11) is 1.91. The van der Waals surface area contributed by atoms with Crippen molar-refractivity contribution in [1.82, 2.24) is 5.32 Å². The van der Waals surface area contributed by atoms with Crippen LogP contribution in [0.2, 0.25) is 5.02 Å². The predicted molar refractivity (Wildman–Crippen MR) is 82.8 cm³/mol. The van der Waals surface area contributed by atoms with Crippen LogP contribution in [0.1, 0.15) is 28.3 Å². The molecule has 0 heterocycles. The number of hydrogen-bond donors (Lipinski definition) is 1. The fourth-order valence-electron chi connectivity index (χ4n) is 2.36. The van der Waals surface area contributed by atoms with Crippen LogP contribution in [0.3, 0.4) is 0 Å². The van der Waals surface area contributed by atoms with E-state index in [1.54, 1.807) is 12.1 Å². The molecule has 106 valence electrons. The second kappa shape index (κ2) is 6.38. The summed E-state index contributed by atoms with van der Waals surface area (Å²) in [5.74, 6) is -0.378. The van der Waals surface area contributed by atoms with Gasteiger partial charge in [-0.2, -0.15) is 0 Å². The lowest BCUT2D eigenvalue weighted by Gasteiger charge is -2.19. The molecule has 0 aliphatic carbocycles. The number of rotatable bonds is 4. The van der Waals surface area contributed by atoms with Gasteiger partial charge in [0, 0.05) is 6.04 Å². The Morgan fingerprint density at radius 1 is 1.15 bits per heavy atom. The van der Waals surface area contributed by atoms with Gasteiger partial charge < -0.3 is 5.32 Å². The van der Waals surface area contributed by atoms with Gasteiger partial charge in [-0.15, -0.1) is 0 Å². The maximum Gasteiger partial charge on any atom is 0.141 e. The summed E-state index contributed by atoms with van der Waals surface area (Å²) in [6, 6.07) is 11.5. The highest BCUT2D eigenvalue weighted by Crippen LogP contribution is 2.25. The molecular formula is C17H19ClFN. The summed E-state index contributed by atoms with van der Waals surface area (Å²) in [4.78, 5) is 0. The zero-order valence-corrected chi connectivity index (χ0v) is 12.8. The summed E-state index contributed by atoms with van der Waals surface area (Å²) < 4.78 is 13.3. The minimum absolute atomic E-state index is 0.119. The summed E-state index contributed by atoms with van der Waals surface area (Å²) in [6.45, 7) is 4.20. The van der Waals surface area contributed by atoms with Crippen LogP contribution in [-0.2, 0) is 6.42 Å². The first-order valence-corrected chi connectivity index (χ1v) is 7.07. The molecule has 20 heavy (non-hydrogen) atoms. The molecule has 0 bridgehead atoms. The summed E-state index contributed by atoms with van der Waals surface area (Å²) in [5.41, 5.74) is 4.81. The van der Waals surface area contributed by atoms with Crippen molar-refractivity contribution >= 4 is 11.6 Å². The number of benzene rings is 2. The maximum absolute atomic E-state index is 13.3. The molecule has 0 amide bonds. The normalized spacial score (nSPS) is 12.4. The van der Waals surface area contributed by atoms with Crippen molar-refractivity contribution in [1.29, 1.82) is 0 Å². The van der Waals surface area contributed by atoms with E-state index in [0.29, 0.717) is 0 Å². The average Bonchev–Trinajstić information content (AvgIpc) is 2.43. The van der Waals surface area contributed by atoms with Crippen molar-refractivity contribution < 1.29 is 4.39 Å². The molecule has 1 atom stereocenters. The third-order valence-corrected chi connectivity index (χ3v) is 3.91. The smallest absolute Gasteiger partial charge is 0.141 e. The van der Waals surface area contributed by atoms with E-state index in [-0.39, 0.29) is 16.9 Å². The molecule has 1 nitrogen and oxygen atoms in total. The van der Waals surface area contributed by atoms with Crippen LogP contribution < -0.4 is 5.32 Å². The number of likely N-dealkylation sites (N-methyl/N-ethyl adjacent to an activating group) is 1. The molecule has 0 aliphatic heterocycles. The van der Waals surface area contributed by atoms with E-state index in [1.165, 1.54) is 22.8 Å². The Bertz CT molecular complexity index is 610. The third-order valence-electron chi connectivity index (χ3n) is 3.62. The van der Waals surface area contributed by atoms with Gasteiger partial charge in [0.1, 0.15) is 5.82 Å². The molecule has 0 radical (unpaired) electrons. The highest BCUT2D eigenvalue weighted by atomic mass is 35.5. The highest BCUT2D eigenvalue weighted by molar-refractivity contribution is 6.30. The lowest BCUT2D eigenvalue weighted by Crippen LogP contribution is -2.19. The number of hydrogen-bond acceptors (Lipinski definition) is 1. The summed E-state index contributed by atoms with van der Waals surface area (Å²) >= 11 is 5.87. The van der Waals surface area contributed by atoms with Crippen molar-refractivity contribution in [3.8, 4) is 0 Å². The van der Waals surface area contributed by atoms with E-state index < -0.39 is 0 Å². The van der Waals surface area contributed by atoms with Gasteiger partial charge in [-0.3, -0.25) is 0 Å². The molecule has 1 unspecified atom stereocenters. The Labute approximate surface area is 124 Å². The van der Waals surface area contributed by atoms with Crippen molar-refractivity contribution in [2.75, 3.05) is 7.05 Å². The zero-order valence-electron chi connectivity index (χ0n) is 12.0. The Morgan fingerprint density at radius 3 is 2.55 bits per heavy atom. The number of nitrogens with one attached hydrogen (secondary N) is 1. The largest absolute Gasteiger partial charge is 0.313 e. The van der Waals surface area contributed by atoms with E-state index in [2.05, 4.69) is 37.4 Å². The fraction of sp³-hybridized carbons (Fsp3) is 0.294. The van der Waals surface area contributed by atoms with Crippen molar-refractivity contribution in [2.24, 2.45) is 0 Å². The van der Waals surface area contributed by atoms with Crippen LogP contribution >= 0.6 is 11.6 Å². The molecule has 0 aromatic heterocycles. The predicted octanol–water partition coefficient (Wildman–Crippen LogP) is 4.60. The van der Waals surface area contributed by atoms with Gasteiger partial charge in [-0.05, 0) is 56.1 Å². The molecule has 3 heteroatoms. The minimum atomic E-state index is -0.378. The van der Waals surface area contributed by atoms with Gasteiger partial charge in [-0.25, -0.2) is 4.39 Å². The SMILES string of the molecule is CNC(Cc1cc(C)ccc1C)c1ccc(F)c(Cl)c1. The second-order valence-electron chi connectivity index (χ2n) is 5.15. The fourth-order valence-corrected chi connectivity index (χ4v) is 2.54. The van der Waals surface area contributed by atoms with Gasteiger partial charge in [0.15, 0.2) is 0 Å². The lowest BCUT2D eigenvalue weighted by atomic mass is 9.95. The summed E-state index contributed by atoms with van der Waals surface area (Å²) in [6.07, 6.45) is 0.853.